The van der Waals surface area contributed by atoms with Crippen molar-refractivity contribution in [1.29, 1.82) is 0 Å². The fourth-order valence-electron chi connectivity index (χ4n) is 2.99. The van der Waals surface area contributed by atoms with Gasteiger partial charge in [0.05, 0.1) is 10.1 Å². The van der Waals surface area contributed by atoms with Crippen LogP contribution in [-0.4, -0.2) is 54.2 Å². The maximum atomic E-state index is 13.4. The van der Waals surface area contributed by atoms with Crippen molar-refractivity contribution in [3.05, 3.63) is 35.9 Å². The van der Waals surface area contributed by atoms with Gasteiger partial charge in [-0.1, -0.05) is 0 Å². The minimum Gasteiger partial charge on any atom is -0.308 e. The van der Waals surface area contributed by atoms with E-state index in [4.69, 9.17) is 0 Å². The van der Waals surface area contributed by atoms with Crippen molar-refractivity contribution >= 4 is 19.9 Å². The third-order valence-corrected chi connectivity index (χ3v) is 8.65. The van der Waals surface area contributed by atoms with E-state index >= 15 is 0 Å². The number of halogens is 1. The molecule has 0 aliphatic carbocycles. The number of piperidine rings is 1. The Bertz CT molecular complexity index is 1030. The van der Waals surface area contributed by atoms with Crippen molar-refractivity contribution in [2.75, 3.05) is 13.1 Å². The first kappa shape index (κ1) is 18.9. The molecule has 0 unspecified atom stereocenters. The topological polar surface area (TPSA) is 102 Å². The lowest BCUT2D eigenvalue weighted by atomic mass is 10.2. The Balaban J connectivity index is 1.78. The van der Waals surface area contributed by atoms with E-state index in [1.807, 2.05) is 0 Å². The van der Waals surface area contributed by atoms with Crippen LogP contribution in [0.5, 0.6) is 0 Å². The molecule has 11 heteroatoms. The average molecular weight is 402 g/mol. The van der Waals surface area contributed by atoms with Gasteiger partial charge in [-0.2, -0.15) is 4.31 Å². The minimum absolute atomic E-state index is 0.00556. The monoisotopic (exact) mass is 402 g/mol. The predicted octanol–water partition coefficient (Wildman–Crippen LogP) is 0.890. The standard InChI is InChI=1S/C15H19FN4O4S2/c1-11-9-13(3-4-14(11)16)26(23,24)20-7-5-12(6-8-20)25(21,22)15-18-17-10-19(15)2/h3-4,9-10,12H,5-8H2,1-2H3. The van der Waals surface area contributed by atoms with Crippen molar-refractivity contribution in [1.82, 2.24) is 19.1 Å². The Morgan fingerprint density at radius 2 is 1.81 bits per heavy atom. The van der Waals surface area contributed by atoms with Gasteiger partial charge in [0.25, 0.3) is 0 Å². The van der Waals surface area contributed by atoms with Crippen LogP contribution in [0.25, 0.3) is 0 Å². The molecular weight excluding hydrogens is 383 g/mol. The number of rotatable bonds is 4. The lowest BCUT2D eigenvalue weighted by Gasteiger charge is -2.30. The van der Waals surface area contributed by atoms with E-state index in [1.54, 1.807) is 7.05 Å². The number of sulfonamides is 1. The molecule has 142 valence electrons. The summed E-state index contributed by atoms with van der Waals surface area (Å²) < 4.78 is 66.7. The van der Waals surface area contributed by atoms with Gasteiger partial charge in [0.15, 0.2) is 0 Å². The Morgan fingerprint density at radius 3 is 2.35 bits per heavy atom. The second-order valence-electron chi connectivity index (χ2n) is 6.28. The molecule has 0 bridgehead atoms. The first-order valence-corrected chi connectivity index (χ1v) is 11.0. The molecule has 1 aliphatic rings. The molecule has 1 fully saturated rings. The van der Waals surface area contributed by atoms with Crippen LogP contribution in [0.1, 0.15) is 18.4 Å². The van der Waals surface area contributed by atoms with E-state index in [0.717, 1.165) is 6.07 Å². The van der Waals surface area contributed by atoms with Crippen LogP contribution in [0.2, 0.25) is 0 Å². The van der Waals surface area contributed by atoms with Crippen LogP contribution in [-0.2, 0) is 26.9 Å². The lowest BCUT2D eigenvalue weighted by Crippen LogP contribution is -2.42. The van der Waals surface area contributed by atoms with Crippen LogP contribution in [0.3, 0.4) is 0 Å². The number of benzene rings is 1. The summed E-state index contributed by atoms with van der Waals surface area (Å²) in [5.41, 5.74) is 0.242. The van der Waals surface area contributed by atoms with Crippen molar-refractivity contribution in [2.24, 2.45) is 7.05 Å². The first-order chi connectivity index (χ1) is 12.1. The highest BCUT2D eigenvalue weighted by molar-refractivity contribution is 7.92. The third-order valence-electron chi connectivity index (χ3n) is 4.53. The smallest absolute Gasteiger partial charge is 0.249 e. The molecule has 0 radical (unpaired) electrons. The van der Waals surface area contributed by atoms with Crippen LogP contribution < -0.4 is 0 Å². The molecule has 1 saturated heterocycles. The first-order valence-electron chi connectivity index (χ1n) is 7.98. The molecule has 0 amide bonds. The molecule has 1 aromatic carbocycles. The molecule has 0 saturated carbocycles. The van der Waals surface area contributed by atoms with Gasteiger partial charge >= 0.3 is 0 Å². The van der Waals surface area contributed by atoms with Crippen molar-refractivity contribution in [2.45, 2.75) is 35.1 Å². The largest absolute Gasteiger partial charge is 0.308 e. The highest BCUT2D eigenvalue weighted by Gasteiger charge is 2.37. The number of hydrogen-bond acceptors (Lipinski definition) is 6. The predicted molar refractivity (Wildman–Crippen MR) is 91.1 cm³/mol. The maximum Gasteiger partial charge on any atom is 0.249 e. The summed E-state index contributed by atoms with van der Waals surface area (Å²) in [6.45, 7) is 1.63. The Kier molecular flexibility index (Phi) is 4.88. The molecule has 0 spiro atoms. The zero-order chi connectivity index (χ0) is 19.1. The summed E-state index contributed by atoms with van der Waals surface area (Å²) in [7, 11) is -5.93. The second kappa shape index (κ2) is 6.71. The molecule has 2 heterocycles. The fourth-order valence-corrected chi connectivity index (χ4v) is 6.28. The van der Waals surface area contributed by atoms with Crippen LogP contribution in [0.4, 0.5) is 4.39 Å². The van der Waals surface area contributed by atoms with Crippen LogP contribution in [0, 0.1) is 12.7 Å². The van der Waals surface area contributed by atoms with Gasteiger partial charge < -0.3 is 4.57 Å². The van der Waals surface area contributed by atoms with E-state index in [9.17, 15) is 21.2 Å². The SMILES string of the molecule is Cc1cc(S(=O)(=O)N2CCC(S(=O)(=O)c3nncn3C)CC2)ccc1F. The maximum absolute atomic E-state index is 13.4. The minimum atomic E-state index is -3.79. The number of sulfone groups is 1. The van der Waals surface area contributed by atoms with Gasteiger partial charge in [0.1, 0.15) is 12.1 Å². The van der Waals surface area contributed by atoms with Gasteiger partial charge in [-0.3, -0.25) is 0 Å². The number of hydrogen-bond donors (Lipinski definition) is 0. The fraction of sp³-hybridized carbons (Fsp3) is 0.467. The van der Waals surface area contributed by atoms with Gasteiger partial charge in [-0.15, -0.1) is 10.2 Å². The van der Waals surface area contributed by atoms with Crippen LogP contribution >= 0.6 is 0 Å². The Labute approximate surface area is 151 Å². The van der Waals surface area contributed by atoms with E-state index in [0.29, 0.717) is 0 Å². The Hall–Kier alpha value is -1.85. The summed E-state index contributed by atoms with van der Waals surface area (Å²) in [5.74, 6) is -0.475. The summed E-state index contributed by atoms with van der Waals surface area (Å²) in [5, 5.41) is 6.41. The van der Waals surface area contributed by atoms with E-state index < -0.39 is 30.9 Å². The third kappa shape index (κ3) is 3.26. The van der Waals surface area contributed by atoms with Crippen molar-refractivity contribution < 1.29 is 21.2 Å². The van der Waals surface area contributed by atoms with Gasteiger partial charge in [0, 0.05) is 20.1 Å². The van der Waals surface area contributed by atoms with Gasteiger partial charge in [0.2, 0.25) is 25.0 Å². The van der Waals surface area contributed by atoms with Crippen molar-refractivity contribution in [3.8, 4) is 0 Å². The summed E-state index contributed by atoms with van der Waals surface area (Å²) in [4.78, 5) is 0.00556. The van der Waals surface area contributed by atoms with E-state index in [2.05, 4.69) is 10.2 Å². The van der Waals surface area contributed by atoms with E-state index in [1.165, 1.54) is 34.3 Å². The lowest BCUT2D eigenvalue weighted by molar-refractivity contribution is 0.344. The highest BCUT2D eigenvalue weighted by atomic mass is 32.2. The molecule has 0 atom stereocenters. The van der Waals surface area contributed by atoms with E-state index in [-0.39, 0.29) is 41.5 Å². The zero-order valence-corrected chi connectivity index (χ0v) is 16.0. The molecule has 0 N–H and O–H groups in total. The average Bonchev–Trinajstić information content (AvgIpc) is 3.04. The summed E-state index contributed by atoms with van der Waals surface area (Å²) >= 11 is 0. The van der Waals surface area contributed by atoms with Gasteiger partial charge in [-0.25, -0.2) is 21.2 Å². The molecule has 3 rings (SSSR count). The number of nitrogens with zero attached hydrogens (tertiary/aromatic N) is 4. The molecule has 26 heavy (non-hydrogen) atoms. The van der Waals surface area contributed by atoms with Gasteiger partial charge in [-0.05, 0) is 43.5 Å². The number of aromatic nitrogens is 3. The second-order valence-corrected chi connectivity index (χ2v) is 10.3. The van der Waals surface area contributed by atoms with Crippen LogP contribution in [0.15, 0.2) is 34.6 Å². The highest BCUT2D eigenvalue weighted by Crippen LogP contribution is 2.27. The summed E-state index contributed by atoms with van der Waals surface area (Å²) in [6, 6.07) is 3.63. The Morgan fingerprint density at radius 1 is 1.15 bits per heavy atom. The zero-order valence-electron chi connectivity index (χ0n) is 14.3. The molecular formula is C15H19FN4O4S2. The molecule has 1 aromatic heterocycles. The van der Waals surface area contributed by atoms with Crippen molar-refractivity contribution in [3.63, 3.8) is 0 Å². The quantitative estimate of drug-likeness (QED) is 0.753. The molecule has 2 aromatic rings. The normalized spacial score (nSPS) is 17.5. The molecule has 1 aliphatic heterocycles. The number of aryl methyl sites for hydroxylation is 2. The summed E-state index contributed by atoms with van der Waals surface area (Å²) in [6.07, 6.45) is 1.63. The molecule has 8 nitrogen and oxygen atoms in total.